The fraction of sp³-hybridized carbons (Fsp3) is 0.100. The van der Waals surface area contributed by atoms with Crippen LogP contribution in [0.1, 0.15) is 27.8 Å². The molecule has 3 aromatic rings. The third kappa shape index (κ3) is 3.92. The number of Topliss-reactive ketones (excluding diaryl/α,β-unsaturated/α-hetero) is 1. The maximum Gasteiger partial charge on any atom is 0.374 e. The van der Waals surface area contributed by atoms with E-state index in [9.17, 15) is 22.8 Å². The molecular formula is C20H13F3O4. The average Bonchev–Trinajstić information content (AvgIpc) is 3.13. The number of benzene rings is 2. The Labute approximate surface area is 152 Å². The molecule has 138 valence electrons. The van der Waals surface area contributed by atoms with Crippen LogP contribution < -0.4 is 0 Å². The van der Waals surface area contributed by atoms with Gasteiger partial charge in [0.2, 0.25) is 11.5 Å². The maximum absolute atomic E-state index is 13.8. The number of rotatable bonds is 5. The summed E-state index contributed by atoms with van der Waals surface area (Å²) in [6.45, 7) is 1.29. The number of carbonyl (C=O) groups excluding carboxylic acids is 2. The third-order valence-electron chi connectivity index (χ3n) is 3.80. The van der Waals surface area contributed by atoms with Gasteiger partial charge in [-0.2, -0.15) is 0 Å². The highest BCUT2D eigenvalue weighted by atomic mass is 19.2. The predicted octanol–water partition coefficient (Wildman–Crippen LogP) is 4.79. The third-order valence-corrected chi connectivity index (χ3v) is 3.80. The Balaban J connectivity index is 1.72. The quantitative estimate of drug-likeness (QED) is 0.476. The largest absolute Gasteiger partial charge is 0.449 e. The molecule has 0 aliphatic rings. The molecule has 1 unspecified atom stereocenters. The van der Waals surface area contributed by atoms with Crippen molar-refractivity contribution in [1.29, 1.82) is 0 Å². The Morgan fingerprint density at radius 1 is 0.926 bits per heavy atom. The average molecular weight is 374 g/mol. The van der Waals surface area contributed by atoms with Crippen molar-refractivity contribution in [3.63, 3.8) is 0 Å². The summed E-state index contributed by atoms with van der Waals surface area (Å²) in [4.78, 5) is 24.3. The smallest absolute Gasteiger partial charge is 0.374 e. The van der Waals surface area contributed by atoms with Crippen molar-refractivity contribution >= 4 is 11.8 Å². The predicted molar refractivity (Wildman–Crippen MR) is 89.7 cm³/mol. The normalized spacial score (nSPS) is 11.9. The molecule has 0 amide bonds. The minimum atomic E-state index is -1.26. The van der Waals surface area contributed by atoms with Gasteiger partial charge < -0.3 is 9.15 Å². The molecule has 7 heteroatoms. The zero-order valence-corrected chi connectivity index (χ0v) is 14.0. The second kappa shape index (κ2) is 7.49. The molecule has 3 rings (SSSR count). The highest BCUT2D eigenvalue weighted by Crippen LogP contribution is 2.25. The van der Waals surface area contributed by atoms with Gasteiger partial charge in [-0.05, 0) is 49.4 Å². The molecule has 4 nitrogen and oxygen atoms in total. The molecule has 1 atom stereocenters. The van der Waals surface area contributed by atoms with Crippen LogP contribution in [0.4, 0.5) is 13.2 Å². The van der Waals surface area contributed by atoms with E-state index in [4.69, 9.17) is 9.15 Å². The molecule has 0 aliphatic heterocycles. The van der Waals surface area contributed by atoms with Crippen molar-refractivity contribution in [3.8, 4) is 11.3 Å². The van der Waals surface area contributed by atoms with Gasteiger partial charge in [0.25, 0.3) is 0 Å². The fourth-order valence-corrected chi connectivity index (χ4v) is 2.41. The zero-order chi connectivity index (χ0) is 19.6. The summed E-state index contributed by atoms with van der Waals surface area (Å²) in [5.41, 5.74) is 0.0307. The molecule has 0 fully saturated rings. The highest BCUT2D eigenvalue weighted by molar-refractivity contribution is 6.01. The van der Waals surface area contributed by atoms with E-state index in [-0.39, 0.29) is 22.6 Å². The van der Waals surface area contributed by atoms with Crippen molar-refractivity contribution in [2.75, 3.05) is 0 Å². The summed E-state index contributed by atoms with van der Waals surface area (Å²) in [6.07, 6.45) is -1.26. The molecule has 1 heterocycles. The lowest BCUT2D eigenvalue weighted by atomic mass is 10.1. The summed E-state index contributed by atoms with van der Waals surface area (Å²) >= 11 is 0. The first-order chi connectivity index (χ1) is 12.9. The second-order valence-corrected chi connectivity index (χ2v) is 5.68. The van der Waals surface area contributed by atoms with Crippen molar-refractivity contribution in [2.45, 2.75) is 13.0 Å². The summed E-state index contributed by atoms with van der Waals surface area (Å²) in [5.74, 6) is -4.54. The first-order valence-electron chi connectivity index (χ1n) is 7.92. The maximum atomic E-state index is 13.8. The first-order valence-corrected chi connectivity index (χ1v) is 7.92. The van der Waals surface area contributed by atoms with Crippen LogP contribution in [0.5, 0.6) is 0 Å². The van der Waals surface area contributed by atoms with Crippen LogP contribution >= 0.6 is 0 Å². The van der Waals surface area contributed by atoms with Gasteiger partial charge in [-0.3, -0.25) is 4.79 Å². The van der Waals surface area contributed by atoms with E-state index in [1.807, 2.05) is 0 Å². The van der Waals surface area contributed by atoms with E-state index in [1.165, 1.54) is 37.3 Å². The van der Waals surface area contributed by atoms with Crippen LogP contribution in [-0.2, 0) is 4.74 Å². The number of ketones is 1. The summed E-state index contributed by atoms with van der Waals surface area (Å²) < 4.78 is 50.3. The molecule has 0 radical (unpaired) electrons. The summed E-state index contributed by atoms with van der Waals surface area (Å²) in [6, 6.07) is 11.2. The summed E-state index contributed by atoms with van der Waals surface area (Å²) in [7, 11) is 0. The van der Waals surface area contributed by atoms with E-state index in [1.54, 1.807) is 6.07 Å². The Kier molecular flexibility index (Phi) is 5.12. The minimum Gasteiger partial charge on any atom is -0.449 e. The lowest BCUT2D eigenvalue weighted by Crippen LogP contribution is -2.24. The van der Waals surface area contributed by atoms with Crippen LogP contribution in [0.15, 0.2) is 59.0 Å². The molecule has 0 N–H and O–H groups in total. The molecule has 0 saturated carbocycles. The van der Waals surface area contributed by atoms with Crippen molar-refractivity contribution in [2.24, 2.45) is 0 Å². The van der Waals surface area contributed by atoms with Gasteiger partial charge in [0.15, 0.2) is 17.7 Å². The lowest BCUT2D eigenvalue weighted by Gasteiger charge is -2.11. The van der Waals surface area contributed by atoms with Gasteiger partial charge in [0.05, 0.1) is 5.56 Å². The number of hydrogen-bond acceptors (Lipinski definition) is 4. The molecule has 1 aromatic heterocycles. The Morgan fingerprint density at radius 2 is 1.67 bits per heavy atom. The van der Waals surface area contributed by atoms with E-state index < -0.39 is 35.3 Å². The molecule has 0 bridgehead atoms. The van der Waals surface area contributed by atoms with Crippen molar-refractivity contribution < 1.29 is 31.9 Å². The highest BCUT2D eigenvalue weighted by Gasteiger charge is 2.23. The monoisotopic (exact) mass is 374 g/mol. The molecule has 0 aliphatic carbocycles. The number of hydrogen-bond donors (Lipinski definition) is 0. The van der Waals surface area contributed by atoms with Crippen molar-refractivity contribution in [1.82, 2.24) is 0 Å². The molecule has 0 saturated heterocycles. The van der Waals surface area contributed by atoms with Crippen LogP contribution in [0.25, 0.3) is 11.3 Å². The fourth-order valence-electron chi connectivity index (χ4n) is 2.41. The number of ether oxygens (including phenoxy) is 1. The van der Waals surface area contributed by atoms with Gasteiger partial charge in [-0.1, -0.05) is 12.1 Å². The van der Waals surface area contributed by atoms with Crippen LogP contribution in [-0.4, -0.2) is 17.9 Å². The standard InChI is InChI=1S/C20H13F3O4/c1-11(19(24)12-6-7-15(22)16(23)10-12)26-20(25)18-9-8-17(27-18)13-4-2-3-5-14(13)21/h2-11H,1H3. The molecular weight excluding hydrogens is 361 g/mol. The number of esters is 1. The topological polar surface area (TPSA) is 56.5 Å². The van der Waals surface area contributed by atoms with Gasteiger partial charge >= 0.3 is 5.97 Å². The first kappa shape index (κ1) is 18.4. The van der Waals surface area contributed by atoms with E-state index >= 15 is 0 Å². The van der Waals surface area contributed by atoms with E-state index in [0.29, 0.717) is 0 Å². The van der Waals surface area contributed by atoms with Crippen LogP contribution in [0.2, 0.25) is 0 Å². The zero-order valence-electron chi connectivity index (χ0n) is 14.0. The Bertz CT molecular complexity index is 1010. The molecule has 2 aromatic carbocycles. The summed E-state index contributed by atoms with van der Waals surface area (Å²) in [5, 5.41) is 0. The lowest BCUT2D eigenvalue weighted by molar-refractivity contribution is 0.0290. The SMILES string of the molecule is CC(OC(=O)c1ccc(-c2ccccc2F)o1)C(=O)c1ccc(F)c(F)c1. The van der Waals surface area contributed by atoms with Gasteiger partial charge in [-0.15, -0.1) is 0 Å². The number of furan rings is 1. The Morgan fingerprint density at radius 3 is 2.37 bits per heavy atom. The number of carbonyl (C=O) groups is 2. The van der Waals surface area contributed by atoms with E-state index in [0.717, 1.165) is 18.2 Å². The Hall–Kier alpha value is -3.35. The minimum absolute atomic E-state index is 0.125. The molecule has 0 spiro atoms. The van der Waals surface area contributed by atoms with Crippen LogP contribution in [0, 0.1) is 17.5 Å². The van der Waals surface area contributed by atoms with Gasteiger partial charge in [0, 0.05) is 5.56 Å². The van der Waals surface area contributed by atoms with Crippen LogP contribution in [0.3, 0.4) is 0 Å². The van der Waals surface area contributed by atoms with E-state index in [2.05, 4.69) is 0 Å². The number of halogens is 3. The second-order valence-electron chi connectivity index (χ2n) is 5.68. The van der Waals surface area contributed by atoms with Gasteiger partial charge in [0.1, 0.15) is 11.6 Å². The van der Waals surface area contributed by atoms with Gasteiger partial charge in [-0.25, -0.2) is 18.0 Å². The molecule has 27 heavy (non-hydrogen) atoms. The van der Waals surface area contributed by atoms with Crippen molar-refractivity contribution in [3.05, 3.63) is 83.4 Å².